The third-order valence-electron chi connectivity index (χ3n) is 6.02. The monoisotopic (exact) mass is 525 g/mol. The Kier molecular flexibility index (Phi) is 7.21. The molecule has 4 aromatic heterocycles. The van der Waals surface area contributed by atoms with E-state index in [4.69, 9.17) is 9.47 Å². The minimum absolute atomic E-state index is 0.218. The van der Waals surface area contributed by atoms with Crippen molar-refractivity contribution < 1.29 is 14.3 Å². The van der Waals surface area contributed by atoms with Gasteiger partial charge in [0.15, 0.2) is 5.65 Å². The molecule has 0 spiro atoms. The quantitative estimate of drug-likeness (QED) is 0.287. The lowest BCUT2D eigenvalue weighted by atomic mass is 10.2. The van der Waals surface area contributed by atoms with E-state index in [0.717, 1.165) is 11.3 Å². The number of anilines is 3. The second-order valence-corrected chi connectivity index (χ2v) is 8.63. The molecule has 1 N–H and O–H groups in total. The first-order chi connectivity index (χ1) is 19.0. The number of carbonyl (C=O) groups excluding carboxylic acids is 1. The molecule has 4 heterocycles. The maximum absolute atomic E-state index is 13.3. The van der Waals surface area contributed by atoms with Crippen molar-refractivity contribution in [2.24, 2.45) is 0 Å². The van der Waals surface area contributed by atoms with Gasteiger partial charge in [-0.25, -0.2) is 14.8 Å². The van der Waals surface area contributed by atoms with Crippen molar-refractivity contribution in [2.75, 3.05) is 31.0 Å². The fraction of sp³-hybridized carbons (Fsp3) is 0.179. The topological polar surface area (TPSA) is 116 Å². The summed E-state index contributed by atoms with van der Waals surface area (Å²) in [7, 11) is 3.53. The molecular weight excluding hydrogens is 498 g/mol. The highest BCUT2D eigenvalue weighted by Crippen LogP contribution is 2.25. The van der Waals surface area contributed by atoms with Crippen LogP contribution < -0.4 is 20.5 Å². The van der Waals surface area contributed by atoms with Crippen LogP contribution in [0.4, 0.5) is 17.3 Å². The Labute approximate surface area is 224 Å². The summed E-state index contributed by atoms with van der Waals surface area (Å²) < 4.78 is 13.5. The molecule has 0 amide bonds. The number of fused-ring (bicyclic) bond motifs is 1. The molecule has 0 bridgehead atoms. The number of hydrogen-bond donors (Lipinski definition) is 1. The molecule has 0 atom stereocenters. The number of esters is 1. The second-order valence-electron chi connectivity index (χ2n) is 8.63. The van der Waals surface area contributed by atoms with E-state index in [1.54, 1.807) is 61.3 Å². The summed E-state index contributed by atoms with van der Waals surface area (Å²) in [4.78, 5) is 36.8. The van der Waals surface area contributed by atoms with Gasteiger partial charge < -0.3 is 19.7 Å². The molecule has 0 aliphatic heterocycles. The van der Waals surface area contributed by atoms with Crippen LogP contribution in [0.15, 0.2) is 84.0 Å². The largest absolute Gasteiger partial charge is 0.497 e. The molecule has 11 nitrogen and oxygen atoms in total. The molecule has 0 aliphatic rings. The van der Waals surface area contributed by atoms with Gasteiger partial charge in [0.2, 0.25) is 0 Å². The molecule has 1 aromatic carbocycles. The summed E-state index contributed by atoms with van der Waals surface area (Å²) in [5.74, 6) is 1.74. The van der Waals surface area contributed by atoms with E-state index in [1.807, 2.05) is 42.3 Å². The van der Waals surface area contributed by atoms with Crippen LogP contribution in [0.25, 0.3) is 11.5 Å². The summed E-state index contributed by atoms with van der Waals surface area (Å²) in [5, 5.41) is 7.55. The summed E-state index contributed by atoms with van der Waals surface area (Å²) >= 11 is 0. The normalized spacial score (nSPS) is 10.8. The molecule has 0 saturated carbocycles. The van der Waals surface area contributed by atoms with E-state index < -0.39 is 5.97 Å². The van der Waals surface area contributed by atoms with Gasteiger partial charge in [-0.2, -0.15) is 9.61 Å². The Hall–Kier alpha value is -5.19. The molecule has 198 valence electrons. The maximum Gasteiger partial charge on any atom is 0.343 e. The summed E-state index contributed by atoms with van der Waals surface area (Å²) in [5.41, 5.74) is 1.55. The highest BCUT2D eigenvalue weighted by molar-refractivity contribution is 5.96. The van der Waals surface area contributed by atoms with Gasteiger partial charge >= 0.3 is 5.97 Å². The van der Waals surface area contributed by atoms with Crippen molar-refractivity contribution in [1.82, 2.24) is 24.1 Å². The van der Waals surface area contributed by atoms with Crippen LogP contribution in [0, 0.1) is 0 Å². The lowest BCUT2D eigenvalue weighted by molar-refractivity contribution is 0.0528. The molecule has 5 rings (SSSR count). The number of benzene rings is 1. The van der Waals surface area contributed by atoms with Gasteiger partial charge in [0.25, 0.3) is 5.56 Å². The zero-order chi connectivity index (χ0) is 27.4. The first kappa shape index (κ1) is 25.5. The van der Waals surface area contributed by atoms with E-state index in [0.29, 0.717) is 35.3 Å². The zero-order valence-electron chi connectivity index (χ0n) is 21.7. The van der Waals surface area contributed by atoms with Crippen LogP contribution in [0.5, 0.6) is 5.75 Å². The Morgan fingerprint density at radius 1 is 1.10 bits per heavy atom. The molecular formula is C28H27N7O4. The third kappa shape index (κ3) is 5.28. The van der Waals surface area contributed by atoms with Gasteiger partial charge in [-0.05, 0) is 48.9 Å². The Balaban J connectivity index is 1.56. The zero-order valence-corrected chi connectivity index (χ0v) is 21.7. The average molecular weight is 526 g/mol. The molecule has 0 unspecified atom stereocenters. The summed E-state index contributed by atoms with van der Waals surface area (Å²) in [6.45, 7) is 2.49. The van der Waals surface area contributed by atoms with Crippen molar-refractivity contribution in [3.63, 3.8) is 0 Å². The van der Waals surface area contributed by atoms with Gasteiger partial charge in [-0.3, -0.25) is 9.36 Å². The van der Waals surface area contributed by atoms with Crippen molar-refractivity contribution >= 4 is 28.9 Å². The Morgan fingerprint density at radius 3 is 2.64 bits per heavy atom. The molecule has 0 radical (unpaired) electrons. The number of ether oxygens (including phenoxy) is 2. The van der Waals surface area contributed by atoms with E-state index in [2.05, 4.69) is 20.4 Å². The number of rotatable bonds is 9. The molecule has 11 heteroatoms. The average Bonchev–Trinajstić information content (AvgIpc) is 3.39. The number of carbonyl (C=O) groups is 1. The lowest BCUT2D eigenvalue weighted by Crippen LogP contribution is -2.22. The number of hydrogen-bond acceptors (Lipinski definition) is 9. The maximum atomic E-state index is 13.3. The first-order valence-electron chi connectivity index (χ1n) is 12.3. The molecule has 0 aliphatic carbocycles. The summed E-state index contributed by atoms with van der Waals surface area (Å²) in [6.07, 6.45) is 4.71. The van der Waals surface area contributed by atoms with Gasteiger partial charge in [-0.15, -0.1) is 0 Å². The van der Waals surface area contributed by atoms with Crippen LogP contribution in [-0.4, -0.2) is 50.9 Å². The van der Waals surface area contributed by atoms with Crippen LogP contribution >= 0.6 is 0 Å². The van der Waals surface area contributed by atoms with Gasteiger partial charge in [0.05, 0.1) is 19.9 Å². The standard InChI is InChI=1S/C28H27N7O4/c1-4-39-28(37)21-17-30-35-25(33(2)18-19-10-12-20(38-3)13-11-19)16-23(32-26(21)35)31-22-8-7-15-34(27(22)36)24-9-5-6-14-29-24/h5-17H,4,18H2,1-3H3,(H,31,32). The van der Waals surface area contributed by atoms with E-state index in [1.165, 1.54) is 10.8 Å². The van der Waals surface area contributed by atoms with Gasteiger partial charge in [0.1, 0.15) is 34.5 Å². The smallest absolute Gasteiger partial charge is 0.343 e. The molecule has 0 fully saturated rings. The minimum atomic E-state index is -0.530. The van der Waals surface area contributed by atoms with E-state index in [9.17, 15) is 9.59 Å². The van der Waals surface area contributed by atoms with E-state index >= 15 is 0 Å². The van der Waals surface area contributed by atoms with Gasteiger partial charge in [0, 0.05) is 32.1 Å². The Bertz CT molecular complexity index is 1660. The fourth-order valence-corrected chi connectivity index (χ4v) is 4.13. The number of methoxy groups -OCH3 is 1. The lowest BCUT2D eigenvalue weighted by Gasteiger charge is -2.21. The SMILES string of the molecule is CCOC(=O)c1cnn2c(N(C)Cc3ccc(OC)cc3)cc(Nc3cccn(-c4ccccn4)c3=O)nc12. The summed E-state index contributed by atoms with van der Waals surface area (Å²) in [6, 6.07) is 18.3. The van der Waals surface area contributed by atoms with Crippen molar-refractivity contribution in [3.05, 3.63) is 101 Å². The molecule has 39 heavy (non-hydrogen) atoms. The number of nitrogens with zero attached hydrogens (tertiary/aromatic N) is 6. The van der Waals surface area contributed by atoms with Crippen molar-refractivity contribution in [1.29, 1.82) is 0 Å². The van der Waals surface area contributed by atoms with Crippen molar-refractivity contribution in [2.45, 2.75) is 13.5 Å². The van der Waals surface area contributed by atoms with Crippen LogP contribution in [0.2, 0.25) is 0 Å². The van der Waals surface area contributed by atoms with Crippen LogP contribution in [0.1, 0.15) is 22.8 Å². The van der Waals surface area contributed by atoms with Crippen molar-refractivity contribution in [3.8, 4) is 11.6 Å². The third-order valence-corrected chi connectivity index (χ3v) is 6.02. The fourth-order valence-electron chi connectivity index (χ4n) is 4.13. The predicted octanol–water partition coefficient (Wildman–Crippen LogP) is 3.84. The highest BCUT2D eigenvalue weighted by atomic mass is 16.5. The number of nitrogens with one attached hydrogen (secondary N) is 1. The second kappa shape index (κ2) is 11.1. The van der Waals surface area contributed by atoms with E-state index in [-0.39, 0.29) is 17.7 Å². The highest BCUT2D eigenvalue weighted by Gasteiger charge is 2.20. The number of aromatic nitrogens is 5. The first-order valence-corrected chi connectivity index (χ1v) is 12.3. The number of pyridine rings is 2. The predicted molar refractivity (Wildman–Crippen MR) is 147 cm³/mol. The molecule has 5 aromatic rings. The molecule has 0 saturated heterocycles. The minimum Gasteiger partial charge on any atom is -0.497 e. The van der Waals surface area contributed by atoms with Crippen LogP contribution in [0.3, 0.4) is 0 Å². The van der Waals surface area contributed by atoms with Gasteiger partial charge in [-0.1, -0.05) is 18.2 Å². The van der Waals surface area contributed by atoms with Crippen LogP contribution in [-0.2, 0) is 11.3 Å². The Morgan fingerprint density at radius 2 is 1.92 bits per heavy atom.